The van der Waals surface area contributed by atoms with E-state index in [0.717, 1.165) is 25.2 Å². The summed E-state index contributed by atoms with van der Waals surface area (Å²) in [7, 11) is 0. The Labute approximate surface area is 169 Å². The van der Waals surface area contributed by atoms with Crippen LogP contribution in [-0.4, -0.2) is 54.0 Å². The van der Waals surface area contributed by atoms with Crippen molar-refractivity contribution >= 4 is 29.2 Å². The molecule has 3 rings (SSSR count). The zero-order chi connectivity index (χ0) is 20.8. The highest BCUT2D eigenvalue weighted by molar-refractivity contribution is 6.07. The van der Waals surface area contributed by atoms with Crippen LogP contribution in [0.15, 0.2) is 60.7 Å². The third-order valence-electron chi connectivity index (χ3n) is 4.82. The summed E-state index contributed by atoms with van der Waals surface area (Å²) < 4.78 is 0. The Morgan fingerprint density at radius 3 is 2.28 bits per heavy atom. The van der Waals surface area contributed by atoms with E-state index < -0.39 is 11.9 Å². The molecule has 150 valence electrons. The molecule has 1 heterocycles. The summed E-state index contributed by atoms with van der Waals surface area (Å²) >= 11 is 0. The number of hydrogen-bond acceptors (Lipinski definition) is 4. The molecule has 0 atom stereocenters. The number of anilines is 2. The van der Waals surface area contributed by atoms with Gasteiger partial charge in [-0.25, -0.2) is 4.79 Å². The standard InChI is InChI=1S/C22H23N3O4/c1-16-6-2-5-9-19(16)24-12-14-25(15-13-24)22(29)17-7-3-4-8-18(17)23-20(26)10-11-21(27)28/h2-11H,12-15H2,1H3,(H,23,26)(H,27,28). The molecule has 0 aromatic heterocycles. The predicted octanol–water partition coefficient (Wildman–Crippen LogP) is 2.54. The van der Waals surface area contributed by atoms with Gasteiger partial charge in [-0.05, 0) is 30.7 Å². The third kappa shape index (κ3) is 5.01. The van der Waals surface area contributed by atoms with Gasteiger partial charge in [0.15, 0.2) is 0 Å². The quantitative estimate of drug-likeness (QED) is 0.762. The molecule has 2 amide bonds. The lowest BCUT2D eigenvalue weighted by molar-refractivity contribution is -0.131. The molecule has 0 saturated carbocycles. The van der Waals surface area contributed by atoms with E-state index in [9.17, 15) is 14.4 Å². The van der Waals surface area contributed by atoms with Crippen LogP contribution in [0.1, 0.15) is 15.9 Å². The fourth-order valence-electron chi connectivity index (χ4n) is 3.34. The number of rotatable bonds is 5. The topological polar surface area (TPSA) is 90.0 Å². The van der Waals surface area contributed by atoms with E-state index in [2.05, 4.69) is 29.3 Å². The normalized spacial score (nSPS) is 14.1. The summed E-state index contributed by atoms with van der Waals surface area (Å²) in [5, 5.41) is 11.2. The molecule has 2 aromatic carbocycles. The molecule has 29 heavy (non-hydrogen) atoms. The van der Waals surface area contributed by atoms with Crippen molar-refractivity contribution < 1.29 is 19.5 Å². The lowest BCUT2D eigenvalue weighted by atomic mass is 10.1. The molecular formula is C22H23N3O4. The summed E-state index contributed by atoms with van der Waals surface area (Å²) in [6, 6.07) is 14.9. The second-order valence-corrected chi connectivity index (χ2v) is 6.77. The van der Waals surface area contributed by atoms with Gasteiger partial charge in [-0.3, -0.25) is 9.59 Å². The van der Waals surface area contributed by atoms with E-state index in [4.69, 9.17) is 5.11 Å². The first kappa shape index (κ1) is 20.1. The highest BCUT2D eigenvalue weighted by atomic mass is 16.4. The molecule has 0 radical (unpaired) electrons. The van der Waals surface area contributed by atoms with Crippen molar-refractivity contribution in [1.29, 1.82) is 0 Å². The summed E-state index contributed by atoms with van der Waals surface area (Å²) in [4.78, 5) is 39.5. The van der Waals surface area contributed by atoms with Gasteiger partial charge in [0.2, 0.25) is 5.91 Å². The number of carboxylic acid groups (broad SMARTS) is 1. The van der Waals surface area contributed by atoms with Gasteiger partial charge in [0, 0.05) is 44.0 Å². The van der Waals surface area contributed by atoms with E-state index in [1.54, 1.807) is 29.2 Å². The number of benzene rings is 2. The Bertz CT molecular complexity index is 947. The van der Waals surface area contributed by atoms with E-state index in [0.29, 0.717) is 24.3 Å². The van der Waals surface area contributed by atoms with Crippen molar-refractivity contribution in [3.05, 3.63) is 71.8 Å². The molecule has 7 nitrogen and oxygen atoms in total. The van der Waals surface area contributed by atoms with Crippen LogP contribution in [0.2, 0.25) is 0 Å². The number of amides is 2. The van der Waals surface area contributed by atoms with E-state index in [1.807, 2.05) is 12.1 Å². The second kappa shape index (κ2) is 9.05. The van der Waals surface area contributed by atoms with Crippen LogP contribution in [0, 0.1) is 6.92 Å². The van der Waals surface area contributed by atoms with Crippen molar-refractivity contribution in [3.8, 4) is 0 Å². The Morgan fingerprint density at radius 2 is 1.59 bits per heavy atom. The van der Waals surface area contributed by atoms with Crippen molar-refractivity contribution in [2.24, 2.45) is 0 Å². The second-order valence-electron chi connectivity index (χ2n) is 6.77. The number of nitrogens with one attached hydrogen (secondary N) is 1. The summed E-state index contributed by atoms with van der Waals surface area (Å²) in [6.07, 6.45) is 1.68. The highest BCUT2D eigenvalue weighted by Gasteiger charge is 2.24. The Kier molecular flexibility index (Phi) is 6.29. The van der Waals surface area contributed by atoms with Gasteiger partial charge in [-0.15, -0.1) is 0 Å². The summed E-state index contributed by atoms with van der Waals surface area (Å²) in [5.74, 6) is -1.97. The Hall–Kier alpha value is -3.61. The maximum absolute atomic E-state index is 13.0. The van der Waals surface area contributed by atoms with Gasteiger partial charge >= 0.3 is 5.97 Å². The maximum Gasteiger partial charge on any atom is 0.328 e. The van der Waals surface area contributed by atoms with Crippen LogP contribution in [0.5, 0.6) is 0 Å². The smallest absolute Gasteiger partial charge is 0.328 e. The minimum Gasteiger partial charge on any atom is -0.478 e. The summed E-state index contributed by atoms with van der Waals surface area (Å²) in [5.41, 5.74) is 3.13. The van der Waals surface area contributed by atoms with Crippen molar-refractivity contribution in [2.75, 3.05) is 36.4 Å². The zero-order valence-corrected chi connectivity index (χ0v) is 16.2. The molecule has 1 aliphatic rings. The van der Waals surface area contributed by atoms with Crippen molar-refractivity contribution in [3.63, 3.8) is 0 Å². The van der Waals surface area contributed by atoms with E-state index >= 15 is 0 Å². The van der Waals surface area contributed by atoms with Crippen molar-refractivity contribution in [1.82, 2.24) is 4.90 Å². The first-order valence-electron chi connectivity index (χ1n) is 9.36. The molecule has 0 bridgehead atoms. The molecule has 1 fully saturated rings. The number of carboxylic acids is 1. The minimum absolute atomic E-state index is 0.160. The van der Waals surface area contributed by atoms with Crippen LogP contribution >= 0.6 is 0 Å². The fraction of sp³-hybridized carbons (Fsp3) is 0.227. The number of nitrogens with zero attached hydrogens (tertiary/aromatic N) is 2. The number of piperazine rings is 1. The van der Waals surface area contributed by atoms with Crippen LogP contribution in [0.25, 0.3) is 0 Å². The molecule has 2 N–H and O–H groups in total. The zero-order valence-electron chi connectivity index (χ0n) is 16.2. The molecule has 1 saturated heterocycles. The van der Waals surface area contributed by atoms with Gasteiger partial charge in [-0.2, -0.15) is 0 Å². The average molecular weight is 393 g/mol. The van der Waals surface area contributed by atoms with Crippen molar-refractivity contribution in [2.45, 2.75) is 6.92 Å². The molecule has 1 aliphatic heterocycles. The lowest BCUT2D eigenvalue weighted by Crippen LogP contribution is -2.49. The van der Waals surface area contributed by atoms with Crippen LogP contribution in [-0.2, 0) is 9.59 Å². The fourth-order valence-corrected chi connectivity index (χ4v) is 3.34. The lowest BCUT2D eigenvalue weighted by Gasteiger charge is -2.37. The molecule has 0 unspecified atom stereocenters. The number of carbonyl (C=O) groups excluding carboxylic acids is 2. The summed E-state index contributed by atoms with van der Waals surface area (Å²) in [6.45, 7) is 4.69. The third-order valence-corrected chi connectivity index (χ3v) is 4.82. The molecular weight excluding hydrogens is 370 g/mol. The first-order chi connectivity index (χ1) is 14.0. The van der Waals surface area contributed by atoms with Crippen LogP contribution < -0.4 is 10.2 Å². The number of para-hydroxylation sites is 2. The van der Waals surface area contributed by atoms with Gasteiger partial charge in [0.25, 0.3) is 5.91 Å². The van der Waals surface area contributed by atoms with Gasteiger partial charge < -0.3 is 20.2 Å². The van der Waals surface area contributed by atoms with Gasteiger partial charge in [-0.1, -0.05) is 30.3 Å². The minimum atomic E-state index is -1.21. The van der Waals surface area contributed by atoms with Crippen LogP contribution in [0.3, 0.4) is 0 Å². The molecule has 7 heteroatoms. The largest absolute Gasteiger partial charge is 0.478 e. The molecule has 0 aliphatic carbocycles. The monoisotopic (exact) mass is 393 g/mol. The van der Waals surface area contributed by atoms with E-state index in [-0.39, 0.29) is 5.91 Å². The maximum atomic E-state index is 13.0. The SMILES string of the molecule is Cc1ccccc1N1CCN(C(=O)c2ccccc2NC(=O)C=CC(=O)O)CC1. The first-order valence-corrected chi connectivity index (χ1v) is 9.36. The number of carbonyl (C=O) groups is 3. The number of hydrogen-bond donors (Lipinski definition) is 2. The number of aryl methyl sites for hydroxylation is 1. The van der Waals surface area contributed by atoms with Crippen LogP contribution in [0.4, 0.5) is 11.4 Å². The average Bonchev–Trinajstić information content (AvgIpc) is 2.73. The predicted molar refractivity (Wildman–Crippen MR) is 111 cm³/mol. The molecule has 0 spiro atoms. The van der Waals surface area contributed by atoms with E-state index in [1.165, 1.54) is 11.3 Å². The Morgan fingerprint density at radius 1 is 0.931 bits per heavy atom. The van der Waals surface area contributed by atoms with Gasteiger partial charge in [0.05, 0.1) is 11.3 Å². The molecule has 2 aromatic rings. The van der Waals surface area contributed by atoms with Gasteiger partial charge in [0.1, 0.15) is 0 Å². The Balaban J connectivity index is 1.68. The number of aliphatic carboxylic acids is 1. The highest BCUT2D eigenvalue weighted by Crippen LogP contribution is 2.23.